The van der Waals surface area contributed by atoms with Gasteiger partial charge in [-0.25, -0.2) is 4.79 Å². The molecule has 0 radical (unpaired) electrons. The van der Waals surface area contributed by atoms with Crippen LogP contribution >= 0.6 is 0 Å². The third kappa shape index (κ3) is 2.30. The number of carbonyl (C=O) groups is 3. The second kappa shape index (κ2) is 6.32. The van der Waals surface area contributed by atoms with E-state index in [-0.39, 0.29) is 60.1 Å². The molecule has 3 heterocycles. The minimum Gasteiger partial charge on any atom is -0.488 e. The number of nitrogens with zero attached hydrogens (tertiary/aromatic N) is 2. The molecule has 3 aliphatic heterocycles. The topological polar surface area (TPSA) is 154 Å². The highest BCUT2D eigenvalue weighted by Gasteiger charge is 2.72. The molecule has 1 aliphatic carbocycles. The van der Waals surface area contributed by atoms with Crippen molar-refractivity contribution in [2.75, 3.05) is 26.9 Å². The summed E-state index contributed by atoms with van der Waals surface area (Å²) in [5.41, 5.74) is 4.78. The fourth-order valence-electron chi connectivity index (χ4n) is 4.64. The first-order valence-corrected chi connectivity index (χ1v) is 8.93. The smallest absolute Gasteiger partial charge is 0.404 e. The van der Waals surface area contributed by atoms with E-state index in [2.05, 4.69) is 5.32 Å². The van der Waals surface area contributed by atoms with Crippen molar-refractivity contribution in [2.45, 2.75) is 31.2 Å². The minimum atomic E-state index is -1.02. The molecule has 0 spiro atoms. The maximum absolute atomic E-state index is 13.3. The Bertz CT molecular complexity index is 887. The minimum absolute atomic E-state index is 0.00134. The molecule has 28 heavy (non-hydrogen) atoms. The molecule has 2 fully saturated rings. The molecule has 1 amide bonds. The highest BCUT2D eigenvalue weighted by Crippen LogP contribution is 2.55. The number of allylic oxidation sites excluding steroid dienone is 2. The number of amides is 1. The van der Waals surface area contributed by atoms with E-state index in [1.165, 1.54) is 14.0 Å². The molecule has 4 aliphatic rings. The van der Waals surface area contributed by atoms with Crippen LogP contribution < -0.4 is 11.1 Å². The lowest BCUT2D eigenvalue weighted by molar-refractivity contribution is -0.137. The number of Topliss-reactive ketones (excluding diaryl/α,β-unsaturated/α-hetero) is 2. The van der Waals surface area contributed by atoms with Crippen molar-refractivity contribution in [1.82, 2.24) is 10.2 Å². The van der Waals surface area contributed by atoms with E-state index in [1.807, 2.05) is 6.07 Å². The third-order valence-corrected chi connectivity index (χ3v) is 5.83. The van der Waals surface area contributed by atoms with Crippen molar-refractivity contribution in [2.24, 2.45) is 11.7 Å². The fraction of sp³-hybridized carbons (Fsp3) is 0.556. The number of primary amides is 1. The largest absolute Gasteiger partial charge is 0.488 e. The summed E-state index contributed by atoms with van der Waals surface area (Å²) in [5.74, 6) is -1.56. The Morgan fingerprint density at radius 2 is 2.18 bits per heavy atom. The van der Waals surface area contributed by atoms with Gasteiger partial charge >= 0.3 is 6.09 Å². The van der Waals surface area contributed by atoms with Crippen LogP contribution in [0.4, 0.5) is 4.79 Å². The summed E-state index contributed by atoms with van der Waals surface area (Å²) in [6.07, 6.45) is -0.892. The molecule has 4 atom stereocenters. The number of hydrogen-bond donors (Lipinski definition) is 2. The monoisotopic (exact) mass is 388 g/mol. The average molecular weight is 388 g/mol. The van der Waals surface area contributed by atoms with E-state index >= 15 is 0 Å². The number of ketones is 2. The Morgan fingerprint density at radius 3 is 2.82 bits per heavy atom. The quantitative estimate of drug-likeness (QED) is 0.342. The molecule has 148 valence electrons. The van der Waals surface area contributed by atoms with Crippen LogP contribution in [0.2, 0.25) is 0 Å². The van der Waals surface area contributed by atoms with Gasteiger partial charge in [0.05, 0.1) is 30.1 Å². The van der Waals surface area contributed by atoms with Gasteiger partial charge in [0.25, 0.3) is 0 Å². The van der Waals surface area contributed by atoms with Gasteiger partial charge < -0.3 is 30.2 Å². The van der Waals surface area contributed by atoms with Crippen LogP contribution in [0.15, 0.2) is 22.6 Å². The number of rotatable bonds is 6. The van der Waals surface area contributed by atoms with Crippen molar-refractivity contribution < 1.29 is 28.6 Å². The number of nitriles is 1. The first-order chi connectivity index (χ1) is 13.4. The standard InChI is InChI=1S/C18H20N4O6/c1-8-13(23)12-11(14(24)15(8)27-5-3-4-19)9(7-28-17(20)25)18(26-2)16-10(21-16)6-22(12)18/h9-10,16,21H,3,5-7H2,1-2H3,(H2,20,25). The maximum atomic E-state index is 13.3. The summed E-state index contributed by atoms with van der Waals surface area (Å²) in [5, 5.41) is 12.0. The number of nitrogens with one attached hydrogen (secondary N) is 1. The summed E-state index contributed by atoms with van der Waals surface area (Å²) in [4.78, 5) is 39.4. The first-order valence-electron chi connectivity index (χ1n) is 8.93. The Morgan fingerprint density at radius 1 is 1.43 bits per heavy atom. The second-order valence-electron chi connectivity index (χ2n) is 7.13. The molecule has 0 bridgehead atoms. The Balaban J connectivity index is 1.76. The number of carbonyl (C=O) groups excluding carboxylic acids is 3. The van der Waals surface area contributed by atoms with Gasteiger partial charge in [-0.2, -0.15) is 5.26 Å². The molecule has 10 heteroatoms. The predicted molar refractivity (Wildman–Crippen MR) is 92.1 cm³/mol. The number of nitrogens with two attached hydrogens (primary N) is 1. The number of methoxy groups -OCH3 is 1. The Kier molecular flexibility index (Phi) is 4.17. The van der Waals surface area contributed by atoms with Crippen LogP contribution in [0, 0.1) is 17.2 Å². The van der Waals surface area contributed by atoms with Gasteiger partial charge in [0.2, 0.25) is 11.6 Å². The fourth-order valence-corrected chi connectivity index (χ4v) is 4.64. The molecule has 0 aromatic rings. The zero-order chi connectivity index (χ0) is 20.2. The average Bonchev–Trinajstić information content (AvgIpc) is 3.27. The van der Waals surface area contributed by atoms with Crippen LogP contribution in [0.5, 0.6) is 0 Å². The van der Waals surface area contributed by atoms with Crippen molar-refractivity contribution >= 4 is 17.7 Å². The van der Waals surface area contributed by atoms with Crippen LogP contribution in [-0.2, 0) is 23.8 Å². The summed E-state index contributed by atoms with van der Waals surface area (Å²) >= 11 is 0. The lowest BCUT2D eigenvalue weighted by Crippen LogP contribution is -2.55. The summed E-state index contributed by atoms with van der Waals surface area (Å²) in [7, 11) is 1.50. The van der Waals surface area contributed by atoms with E-state index < -0.39 is 23.5 Å². The van der Waals surface area contributed by atoms with Gasteiger partial charge in [-0.05, 0) is 6.92 Å². The van der Waals surface area contributed by atoms with Crippen molar-refractivity contribution in [3.63, 3.8) is 0 Å². The summed E-state index contributed by atoms with van der Waals surface area (Å²) in [6.45, 7) is 1.83. The Hall–Kier alpha value is -2.90. The normalized spacial score (nSPS) is 32.8. The molecular weight excluding hydrogens is 368 g/mol. The molecule has 2 saturated heterocycles. The van der Waals surface area contributed by atoms with Crippen molar-refractivity contribution in [1.29, 1.82) is 5.26 Å². The third-order valence-electron chi connectivity index (χ3n) is 5.83. The molecule has 0 aromatic carbocycles. The number of fused-ring (bicyclic) bond motifs is 4. The molecule has 3 N–H and O–H groups in total. The lowest BCUT2D eigenvalue weighted by atomic mass is 9.83. The molecule has 10 nitrogen and oxygen atoms in total. The van der Waals surface area contributed by atoms with Crippen molar-refractivity contribution in [3.8, 4) is 6.07 Å². The molecule has 0 saturated carbocycles. The SMILES string of the molecule is COC12C(COC(N)=O)C3=C(C(=O)C(C)=C(OCCC#N)C3=O)N1CC1NC12. The van der Waals surface area contributed by atoms with Crippen molar-refractivity contribution in [3.05, 3.63) is 22.6 Å². The zero-order valence-corrected chi connectivity index (χ0v) is 15.5. The van der Waals surface area contributed by atoms with Gasteiger partial charge in [-0.1, -0.05) is 0 Å². The summed E-state index contributed by atoms with van der Waals surface area (Å²) in [6, 6.07) is 1.96. The van der Waals surface area contributed by atoms with E-state index in [9.17, 15) is 14.4 Å². The van der Waals surface area contributed by atoms with Gasteiger partial charge in [0.15, 0.2) is 11.5 Å². The summed E-state index contributed by atoms with van der Waals surface area (Å²) < 4.78 is 16.4. The molecule has 4 rings (SSSR count). The highest BCUT2D eigenvalue weighted by molar-refractivity contribution is 6.25. The second-order valence-corrected chi connectivity index (χ2v) is 7.13. The van der Waals surface area contributed by atoms with Gasteiger partial charge in [0.1, 0.15) is 13.2 Å². The molecule has 4 unspecified atom stereocenters. The van der Waals surface area contributed by atoms with E-state index in [0.29, 0.717) is 6.54 Å². The van der Waals surface area contributed by atoms with Crippen LogP contribution in [-0.4, -0.2) is 67.2 Å². The van der Waals surface area contributed by atoms with E-state index in [4.69, 9.17) is 25.2 Å². The number of hydrogen-bond acceptors (Lipinski definition) is 9. The first kappa shape index (κ1) is 18.5. The van der Waals surface area contributed by atoms with Gasteiger partial charge in [-0.15, -0.1) is 0 Å². The number of piperazine rings is 1. The zero-order valence-electron chi connectivity index (χ0n) is 15.5. The van der Waals surface area contributed by atoms with Gasteiger partial charge in [0, 0.05) is 30.8 Å². The predicted octanol–water partition coefficient (Wildman–Crippen LogP) is -0.680. The molecular formula is C18H20N4O6. The van der Waals surface area contributed by atoms with E-state index in [0.717, 1.165) is 0 Å². The molecule has 0 aromatic heterocycles. The van der Waals surface area contributed by atoms with Crippen LogP contribution in [0.1, 0.15) is 13.3 Å². The maximum Gasteiger partial charge on any atom is 0.404 e. The van der Waals surface area contributed by atoms with Crippen LogP contribution in [0.25, 0.3) is 0 Å². The highest BCUT2D eigenvalue weighted by atomic mass is 16.6. The van der Waals surface area contributed by atoms with Gasteiger partial charge in [-0.3, -0.25) is 9.59 Å². The van der Waals surface area contributed by atoms with Crippen LogP contribution in [0.3, 0.4) is 0 Å². The van der Waals surface area contributed by atoms with E-state index in [1.54, 1.807) is 4.90 Å². The lowest BCUT2D eigenvalue weighted by Gasteiger charge is -2.39. The Labute approximate surface area is 160 Å². The number of ether oxygens (including phenoxy) is 3.